The molecule has 4 heterocycles. The summed E-state index contributed by atoms with van der Waals surface area (Å²) in [6, 6.07) is 11.4. The number of benzene rings is 1. The van der Waals surface area contributed by atoms with Crippen LogP contribution in [-0.2, 0) is 4.79 Å². The molecule has 3 aromatic heterocycles. The lowest BCUT2D eigenvalue weighted by atomic mass is 10.1. The lowest BCUT2D eigenvalue weighted by molar-refractivity contribution is -0.125. The van der Waals surface area contributed by atoms with Crippen LogP contribution >= 0.6 is 0 Å². The van der Waals surface area contributed by atoms with Crippen molar-refractivity contribution < 1.29 is 9.53 Å². The van der Waals surface area contributed by atoms with E-state index in [0.717, 1.165) is 23.3 Å². The van der Waals surface area contributed by atoms with Crippen LogP contribution in [0, 0.1) is 6.92 Å². The average molecular weight is 441 g/mol. The number of nitrogens with zero attached hydrogens (tertiary/aromatic N) is 6. The molecule has 1 amide bonds. The van der Waals surface area contributed by atoms with Crippen LogP contribution in [0.1, 0.15) is 18.0 Å². The molecule has 0 aliphatic carbocycles. The standard InChI is InChI=1S/C24H23N7O2/c1-3-20(32)30-11-10-17(13-30)31-24-21(23(25)27-14-28-24)22(29-31)16-8-9-19(26-12-16)33-18-7-5-4-6-15(18)2/h3-9,12,14,17H,1,10-11,13H2,2H3,(H2,25,27,28)/t17-/m1/s1. The van der Waals surface area contributed by atoms with E-state index in [0.29, 0.717) is 41.5 Å². The Hall–Kier alpha value is -4.27. The minimum atomic E-state index is -0.0863. The van der Waals surface area contributed by atoms with Crippen LogP contribution in [-0.4, -0.2) is 48.6 Å². The molecule has 166 valence electrons. The van der Waals surface area contributed by atoms with Gasteiger partial charge in [-0.1, -0.05) is 24.8 Å². The maximum Gasteiger partial charge on any atom is 0.246 e. The van der Waals surface area contributed by atoms with Crippen LogP contribution in [0.25, 0.3) is 22.3 Å². The molecule has 0 saturated carbocycles. The Morgan fingerprint density at radius 2 is 2.06 bits per heavy atom. The number of anilines is 1. The molecule has 4 aromatic rings. The van der Waals surface area contributed by atoms with Gasteiger partial charge in [0.1, 0.15) is 23.6 Å². The van der Waals surface area contributed by atoms with Gasteiger partial charge < -0.3 is 15.4 Å². The SMILES string of the molecule is C=CC(=O)N1CC[C@@H](n2nc(-c3ccc(Oc4ccccc4C)nc3)c3c(N)ncnc32)C1. The second kappa shape index (κ2) is 8.34. The Balaban J connectivity index is 1.49. The van der Waals surface area contributed by atoms with Gasteiger partial charge in [-0.05, 0) is 37.1 Å². The van der Waals surface area contributed by atoms with Crippen LogP contribution < -0.4 is 10.5 Å². The minimum Gasteiger partial charge on any atom is -0.439 e. The molecule has 1 aliphatic heterocycles. The van der Waals surface area contributed by atoms with Crippen LogP contribution in [0.3, 0.4) is 0 Å². The van der Waals surface area contributed by atoms with E-state index in [1.807, 2.05) is 41.9 Å². The van der Waals surface area contributed by atoms with Crippen molar-refractivity contribution in [1.82, 2.24) is 29.6 Å². The van der Waals surface area contributed by atoms with Crippen molar-refractivity contribution in [3.05, 3.63) is 67.1 Å². The number of nitrogen functional groups attached to an aromatic ring is 1. The van der Waals surface area contributed by atoms with Gasteiger partial charge in [0, 0.05) is 30.9 Å². The predicted molar refractivity (Wildman–Crippen MR) is 125 cm³/mol. The molecule has 0 radical (unpaired) electrons. The van der Waals surface area contributed by atoms with Crippen molar-refractivity contribution in [2.75, 3.05) is 18.8 Å². The summed E-state index contributed by atoms with van der Waals surface area (Å²) in [6.07, 6.45) is 5.23. The maximum atomic E-state index is 12.0. The smallest absolute Gasteiger partial charge is 0.246 e. The third-order valence-corrected chi connectivity index (χ3v) is 5.83. The molecule has 1 aromatic carbocycles. The summed E-state index contributed by atoms with van der Waals surface area (Å²) in [4.78, 5) is 26.9. The van der Waals surface area contributed by atoms with Gasteiger partial charge in [-0.2, -0.15) is 5.10 Å². The summed E-state index contributed by atoms with van der Waals surface area (Å²) >= 11 is 0. The number of nitrogens with two attached hydrogens (primary N) is 1. The molecule has 1 atom stereocenters. The topological polar surface area (TPSA) is 112 Å². The highest BCUT2D eigenvalue weighted by molar-refractivity contribution is 5.98. The first-order valence-corrected chi connectivity index (χ1v) is 10.6. The number of para-hydroxylation sites is 1. The van der Waals surface area contributed by atoms with Crippen molar-refractivity contribution in [3.8, 4) is 22.9 Å². The molecule has 1 fully saturated rings. The zero-order valence-corrected chi connectivity index (χ0v) is 18.2. The Bertz CT molecular complexity index is 1350. The first-order valence-electron chi connectivity index (χ1n) is 10.6. The van der Waals surface area contributed by atoms with E-state index in [-0.39, 0.29) is 11.9 Å². The second-order valence-corrected chi connectivity index (χ2v) is 7.93. The van der Waals surface area contributed by atoms with Crippen LogP contribution in [0.15, 0.2) is 61.6 Å². The second-order valence-electron chi connectivity index (χ2n) is 7.93. The lowest BCUT2D eigenvalue weighted by Crippen LogP contribution is -2.27. The van der Waals surface area contributed by atoms with Crippen LogP contribution in [0.4, 0.5) is 5.82 Å². The number of carbonyl (C=O) groups is 1. The summed E-state index contributed by atoms with van der Waals surface area (Å²) in [6.45, 7) is 6.73. The Morgan fingerprint density at radius 1 is 1.21 bits per heavy atom. The van der Waals surface area contributed by atoms with E-state index >= 15 is 0 Å². The molecule has 9 heteroatoms. The number of hydrogen-bond donors (Lipinski definition) is 1. The molecular formula is C24H23N7O2. The monoisotopic (exact) mass is 441 g/mol. The molecule has 0 unspecified atom stereocenters. The molecule has 5 rings (SSSR count). The fraction of sp³-hybridized carbons (Fsp3) is 0.208. The number of hydrogen-bond acceptors (Lipinski definition) is 7. The van der Waals surface area contributed by atoms with Gasteiger partial charge >= 0.3 is 0 Å². The van der Waals surface area contributed by atoms with E-state index in [1.54, 1.807) is 17.2 Å². The van der Waals surface area contributed by atoms with Gasteiger partial charge in [-0.25, -0.2) is 19.6 Å². The van der Waals surface area contributed by atoms with Crippen molar-refractivity contribution in [2.45, 2.75) is 19.4 Å². The molecule has 1 saturated heterocycles. The summed E-state index contributed by atoms with van der Waals surface area (Å²) in [5.41, 5.74) is 9.30. The molecule has 0 spiro atoms. The number of pyridine rings is 1. The van der Waals surface area contributed by atoms with Gasteiger partial charge in [-0.15, -0.1) is 0 Å². The Morgan fingerprint density at radius 3 is 2.82 bits per heavy atom. The van der Waals surface area contributed by atoms with Crippen molar-refractivity contribution >= 4 is 22.8 Å². The molecule has 1 aliphatic rings. The quantitative estimate of drug-likeness (QED) is 0.472. The van der Waals surface area contributed by atoms with Crippen molar-refractivity contribution in [3.63, 3.8) is 0 Å². The number of amides is 1. The number of carbonyl (C=O) groups excluding carboxylic acids is 1. The van der Waals surface area contributed by atoms with Gasteiger partial charge in [0.15, 0.2) is 5.65 Å². The third-order valence-electron chi connectivity index (χ3n) is 5.83. The van der Waals surface area contributed by atoms with Gasteiger partial charge in [0.2, 0.25) is 11.8 Å². The molecule has 0 bridgehead atoms. The maximum absolute atomic E-state index is 12.0. The Kier molecular flexibility index (Phi) is 5.21. The average Bonchev–Trinajstić information content (AvgIpc) is 3.47. The predicted octanol–water partition coefficient (Wildman–Crippen LogP) is 3.53. The largest absolute Gasteiger partial charge is 0.439 e. The minimum absolute atomic E-state index is 0.0175. The highest BCUT2D eigenvalue weighted by Gasteiger charge is 2.30. The molecule has 2 N–H and O–H groups in total. The van der Waals surface area contributed by atoms with Gasteiger partial charge in [0.05, 0.1) is 11.4 Å². The highest BCUT2D eigenvalue weighted by Crippen LogP contribution is 2.34. The summed E-state index contributed by atoms with van der Waals surface area (Å²) in [7, 11) is 0. The Labute approximate surface area is 190 Å². The summed E-state index contributed by atoms with van der Waals surface area (Å²) < 4.78 is 7.75. The van der Waals surface area contributed by atoms with E-state index in [4.69, 9.17) is 15.6 Å². The first-order chi connectivity index (χ1) is 16.0. The van der Waals surface area contributed by atoms with E-state index in [9.17, 15) is 4.79 Å². The number of likely N-dealkylation sites (tertiary alicyclic amines) is 1. The zero-order chi connectivity index (χ0) is 22.9. The lowest BCUT2D eigenvalue weighted by Gasteiger charge is -2.14. The summed E-state index contributed by atoms with van der Waals surface area (Å²) in [5.74, 6) is 1.50. The number of fused-ring (bicyclic) bond motifs is 1. The first kappa shape index (κ1) is 20.6. The zero-order valence-electron chi connectivity index (χ0n) is 18.2. The van der Waals surface area contributed by atoms with Gasteiger partial charge in [0.25, 0.3) is 0 Å². The number of aromatic nitrogens is 5. The normalized spacial score (nSPS) is 15.7. The number of rotatable bonds is 5. The van der Waals surface area contributed by atoms with Gasteiger partial charge in [-0.3, -0.25) is 4.79 Å². The van der Waals surface area contributed by atoms with E-state index in [2.05, 4.69) is 21.5 Å². The van der Waals surface area contributed by atoms with Crippen molar-refractivity contribution in [1.29, 1.82) is 0 Å². The molecular weight excluding hydrogens is 418 g/mol. The fourth-order valence-electron chi connectivity index (χ4n) is 4.09. The van der Waals surface area contributed by atoms with E-state index in [1.165, 1.54) is 12.4 Å². The molecule has 9 nitrogen and oxygen atoms in total. The number of aryl methyl sites for hydroxylation is 1. The highest BCUT2D eigenvalue weighted by atomic mass is 16.5. The third kappa shape index (κ3) is 3.78. The van der Waals surface area contributed by atoms with Crippen LogP contribution in [0.5, 0.6) is 11.6 Å². The van der Waals surface area contributed by atoms with Crippen LogP contribution in [0.2, 0.25) is 0 Å². The van der Waals surface area contributed by atoms with E-state index < -0.39 is 0 Å². The summed E-state index contributed by atoms with van der Waals surface area (Å²) in [5, 5.41) is 5.51. The number of ether oxygens (including phenoxy) is 1. The van der Waals surface area contributed by atoms with Crippen molar-refractivity contribution in [2.24, 2.45) is 0 Å². The molecule has 33 heavy (non-hydrogen) atoms. The fourth-order valence-corrected chi connectivity index (χ4v) is 4.09.